The van der Waals surface area contributed by atoms with Crippen molar-refractivity contribution in [3.8, 4) is 0 Å². The molecule has 2 amide bonds. The second kappa shape index (κ2) is 7.76. The molecule has 0 bridgehead atoms. The number of carbonyl (C=O) groups is 2. The molecular formula is C13H18ClN3O2. The number of halogens is 1. The molecule has 0 atom stereocenters. The molecule has 0 saturated carbocycles. The number of rotatable bonds is 6. The Morgan fingerprint density at radius 1 is 1.21 bits per heavy atom. The van der Waals surface area contributed by atoms with Crippen LogP contribution in [0, 0.1) is 6.92 Å². The van der Waals surface area contributed by atoms with E-state index in [0.717, 1.165) is 5.56 Å². The van der Waals surface area contributed by atoms with Gasteiger partial charge in [-0.05, 0) is 37.6 Å². The number of benzene rings is 1. The average molecular weight is 284 g/mol. The minimum atomic E-state index is -0.317. The number of hydrogen-bond donors (Lipinski definition) is 3. The van der Waals surface area contributed by atoms with Crippen molar-refractivity contribution in [3.63, 3.8) is 0 Å². The van der Waals surface area contributed by atoms with E-state index in [1.54, 1.807) is 12.1 Å². The third-order valence-corrected chi connectivity index (χ3v) is 2.70. The highest BCUT2D eigenvalue weighted by Crippen LogP contribution is 2.23. The lowest BCUT2D eigenvalue weighted by molar-refractivity contribution is -0.116. The fraction of sp³-hybridized carbons (Fsp3) is 0.385. The first-order valence-electron chi connectivity index (χ1n) is 6.03. The normalized spacial score (nSPS) is 10.1. The molecule has 0 radical (unpaired) electrons. The van der Waals surface area contributed by atoms with Crippen molar-refractivity contribution < 1.29 is 9.59 Å². The molecule has 0 aromatic heterocycles. The Kier molecular flexibility index (Phi) is 6.32. The zero-order chi connectivity index (χ0) is 14.3. The quantitative estimate of drug-likeness (QED) is 0.697. The van der Waals surface area contributed by atoms with Crippen LogP contribution in [-0.2, 0) is 9.59 Å². The van der Waals surface area contributed by atoms with E-state index < -0.39 is 0 Å². The van der Waals surface area contributed by atoms with Gasteiger partial charge in [0.2, 0.25) is 11.8 Å². The number of hydrogen-bond acceptors (Lipinski definition) is 3. The van der Waals surface area contributed by atoms with Crippen LogP contribution in [0.3, 0.4) is 0 Å². The molecule has 1 aromatic rings. The van der Waals surface area contributed by atoms with Crippen molar-refractivity contribution in [2.45, 2.75) is 19.8 Å². The molecule has 1 aromatic carbocycles. The van der Waals surface area contributed by atoms with E-state index in [9.17, 15) is 9.59 Å². The van der Waals surface area contributed by atoms with Crippen LogP contribution >= 0.6 is 11.6 Å². The maximum Gasteiger partial charge on any atom is 0.239 e. The van der Waals surface area contributed by atoms with Gasteiger partial charge in [-0.1, -0.05) is 6.07 Å². The highest BCUT2D eigenvalue weighted by Gasteiger charge is 2.09. The van der Waals surface area contributed by atoms with Crippen LogP contribution in [-0.4, -0.2) is 24.2 Å². The highest BCUT2D eigenvalue weighted by molar-refractivity contribution is 6.29. The van der Waals surface area contributed by atoms with Crippen molar-refractivity contribution in [1.29, 1.82) is 0 Å². The summed E-state index contributed by atoms with van der Waals surface area (Å²) in [4.78, 5) is 23.0. The summed E-state index contributed by atoms with van der Waals surface area (Å²) in [5.74, 6) is -0.575. The largest absolute Gasteiger partial charge is 0.330 e. The summed E-state index contributed by atoms with van der Waals surface area (Å²) in [7, 11) is 0. The van der Waals surface area contributed by atoms with E-state index in [1.807, 2.05) is 13.0 Å². The molecule has 0 aliphatic heterocycles. The molecule has 0 aliphatic carbocycles. The number of anilines is 2. The molecule has 4 N–H and O–H groups in total. The predicted octanol–water partition coefficient (Wildman–Crippen LogP) is 1.85. The van der Waals surface area contributed by atoms with Crippen LogP contribution in [0.2, 0.25) is 0 Å². The number of nitrogens with two attached hydrogens (primary N) is 1. The van der Waals surface area contributed by atoms with Crippen molar-refractivity contribution in [1.82, 2.24) is 0 Å². The monoisotopic (exact) mass is 283 g/mol. The van der Waals surface area contributed by atoms with Gasteiger partial charge in [0.15, 0.2) is 0 Å². The predicted molar refractivity (Wildman–Crippen MR) is 77.4 cm³/mol. The minimum Gasteiger partial charge on any atom is -0.330 e. The van der Waals surface area contributed by atoms with Gasteiger partial charge in [0.1, 0.15) is 5.88 Å². The van der Waals surface area contributed by atoms with Crippen molar-refractivity contribution in [2.24, 2.45) is 5.73 Å². The third-order valence-electron chi connectivity index (χ3n) is 2.45. The van der Waals surface area contributed by atoms with Gasteiger partial charge in [0.05, 0.1) is 11.4 Å². The number of carbonyl (C=O) groups excluding carboxylic acids is 2. The van der Waals surface area contributed by atoms with E-state index in [0.29, 0.717) is 30.8 Å². The fourth-order valence-corrected chi connectivity index (χ4v) is 1.60. The summed E-state index contributed by atoms with van der Waals surface area (Å²) < 4.78 is 0. The fourth-order valence-electron chi connectivity index (χ4n) is 1.53. The van der Waals surface area contributed by atoms with E-state index in [-0.39, 0.29) is 17.7 Å². The van der Waals surface area contributed by atoms with Crippen LogP contribution in [0.15, 0.2) is 18.2 Å². The van der Waals surface area contributed by atoms with E-state index in [2.05, 4.69) is 10.6 Å². The molecular weight excluding hydrogens is 266 g/mol. The molecule has 0 heterocycles. The van der Waals surface area contributed by atoms with Gasteiger partial charge in [-0.2, -0.15) is 0 Å². The van der Waals surface area contributed by atoms with Crippen LogP contribution < -0.4 is 16.4 Å². The maximum atomic E-state index is 11.7. The summed E-state index contributed by atoms with van der Waals surface area (Å²) >= 11 is 5.45. The summed E-state index contributed by atoms with van der Waals surface area (Å²) in [6, 6.07) is 5.38. The smallest absolute Gasteiger partial charge is 0.239 e. The first-order valence-corrected chi connectivity index (χ1v) is 6.56. The Labute approximate surface area is 117 Å². The van der Waals surface area contributed by atoms with Crippen LogP contribution in [0.25, 0.3) is 0 Å². The zero-order valence-electron chi connectivity index (χ0n) is 10.8. The molecule has 1 rings (SSSR count). The molecule has 19 heavy (non-hydrogen) atoms. The molecule has 0 fully saturated rings. The standard InChI is InChI=1S/C13H18ClN3O2/c1-9-4-5-10(16-13(19)8-14)11(7-9)17-12(18)3-2-6-15/h4-5,7H,2-3,6,8,15H2,1H3,(H,16,19)(H,17,18). The lowest BCUT2D eigenvalue weighted by Crippen LogP contribution is -2.17. The Morgan fingerprint density at radius 3 is 2.53 bits per heavy atom. The van der Waals surface area contributed by atoms with Crippen LogP contribution in [0.1, 0.15) is 18.4 Å². The van der Waals surface area contributed by atoms with Crippen molar-refractivity contribution >= 4 is 34.8 Å². The number of alkyl halides is 1. The van der Waals surface area contributed by atoms with Gasteiger partial charge >= 0.3 is 0 Å². The van der Waals surface area contributed by atoms with Gasteiger partial charge in [-0.3, -0.25) is 9.59 Å². The van der Waals surface area contributed by atoms with Gasteiger partial charge in [0.25, 0.3) is 0 Å². The molecule has 6 heteroatoms. The van der Waals surface area contributed by atoms with Gasteiger partial charge in [0, 0.05) is 6.42 Å². The van der Waals surface area contributed by atoms with Crippen molar-refractivity contribution in [2.75, 3.05) is 23.1 Å². The maximum absolute atomic E-state index is 11.7. The molecule has 0 spiro atoms. The second-order valence-corrected chi connectivity index (χ2v) is 4.44. The lowest BCUT2D eigenvalue weighted by Gasteiger charge is -2.12. The van der Waals surface area contributed by atoms with E-state index in [1.165, 1.54) is 0 Å². The Morgan fingerprint density at radius 2 is 1.89 bits per heavy atom. The van der Waals surface area contributed by atoms with E-state index >= 15 is 0 Å². The topological polar surface area (TPSA) is 84.2 Å². The summed E-state index contributed by atoms with van der Waals surface area (Å²) in [5, 5.41) is 5.40. The number of nitrogens with one attached hydrogen (secondary N) is 2. The summed E-state index contributed by atoms with van der Waals surface area (Å²) in [6.45, 7) is 2.37. The van der Waals surface area contributed by atoms with Gasteiger partial charge in [-0.15, -0.1) is 11.6 Å². The SMILES string of the molecule is Cc1ccc(NC(=O)CCl)c(NC(=O)CCCN)c1. The number of aryl methyl sites for hydroxylation is 1. The van der Waals surface area contributed by atoms with E-state index in [4.69, 9.17) is 17.3 Å². The molecule has 0 unspecified atom stereocenters. The van der Waals surface area contributed by atoms with Crippen LogP contribution in [0.5, 0.6) is 0 Å². The zero-order valence-corrected chi connectivity index (χ0v) is 11.6. The summed E-state index contributed by atoms with van der Waals surface area (Å²) in [5.41, 5.74) is 7.45. The first-order chi connectivity index (χ1) is 9.06. The van der Waals surface area contributed by atoms with Crippen LogP contribution in [0.4, 0.5) is 11.4 Å². The Hall–Kier alpha value is -1.59. The highest BCUT2D eigenvalue weighted by atomic mass is 35.5. The number of amides is 2. The second-order valence-electron chi connectivity index (χ2n) is 4.17. The third kappa shape index (κ3) is 5.28. The Balaban J connectivity index is 2.81. The molecule has 0 saturated heterocycles. The molecule has 104 valence electrons. The molecule has 0 aliphatic rings. The van der Waals surface area contributed by atoms with Gasteiger partial charge < -0.3 is 16.4 Å². The van der Waals surface area contributed by atoms with Crippen molar-refractivity contribution in [3.05, 3.63) is 23.8 Å². The Bertz CT molecular complexity index is 463. The summed E-state index contributed by atoms with van der Waals surface area (Å²) in [6.07, 6.45) is 0.981. The average Bonchev–Trinajstić information content (AvgIpc) is 2.39. The molecule has 5 nitrogen and oxygen atoms in total. The minimum absolute atomic E-state index is 0.127. The first kappa shape index (κ1) is 15.5. The van der Waals surface area contributed by atoms with Gasteiger partial charge in [-0.25, -0.2) is 0 Å². The lowest BCUT2D eigenvalue weighted by atomic mass is 10.1.